The second-order valence-corrected chi connectivity index (χ2v) is 7.04. The number of carbonyl (C=O) groups is 1. The molecule has 0 aliphatic carbocycles. The van der Waals surface area contributed by atoms with E-state index in [0.717, 1.165) is 37.3 Å². The third kappa shape index (κ3) is 2.85. The Kier molecular flexibility index (Phi) is 4.18. The molecule has 0 saturated carbocycles. The van der Waals surface area contributed by atoms with E-state index in [4.69, 9.17) is 4.99 Å². The van der Waals surface area contributed by atoms with Gasteiger partial charge in [0.25, 0.3) is 0 Å². The van der Waals surface area contributed by atoms with Crippen molar-refractivity contribution >= 4 is 17.4 Å². The fraction of sp³-hybridized carbons (Fsp3) is 0.400. The van der Waals surface area contributed by atoms with E-state index in [1.54, 1.807) is 6.20 Å². The number of nitrogens with one attached hydrogen (secondary N) is 1. The summed E-state index contributed by atoms with van der Waals surface area (Å²) in [4.78, 5) is 27.6. The zero-order valence-corrected chi connectivity index (χ0v) is 15.2. The molecule has 2 aliphatic heterocycles. The monoisotopic (exact) mass is 349 g/mol. The van der Waals surface area contributed by atoms with E-state index in [1.807, 2.05) is 24.0 Å². The number of hydrogen-bond acceptors (Lipinski definition) is 4. The molecule has 4 rings (SSSR count). The van der Waals surface area contributed by atoms with Crippen molar-refractivity contribution in [3.8, 4) is 0 Å². The summed E-state index contributed by atoms with van der Waals surface area (Å²) in [7, 11) is 0. The van der Waals surface area contributed by atoms with Gasteiger partial charge in [-0.2, -0.15) is 0 Å². The van der Waals surface area contributed by atoms with Crippen molar-refractivity contribution < 1.29 is 4.79 Å². The van der Waals surface area contributed by atoms with Gasteiger partial charge in [0, 0.05) is 30.4 Å². The number of para-hydroxylation sites is 1. The maximum Gasteiger partial charge on any atom is 0.317 e. The first kappa shape index (κ1) is 16.7. The number of likely N-dealkylation sites (tertiary alicyclic amines) is 1. The molecule has 1 spiro atoms. The molecule has 26 heavy (non-hydrogen) atoms. The molecule has 0 bridgehead atoms. The molecule has 0 unspecified atom stereocenters. The van der Waals surface area contributed by atoms with Gasteiger partial charge in [-0.05, 0) is 44.4 Å². The quantitative estimate of drug-likeness (QED) is 0.905. The van der Waals surface area contributed by atoms with Crippen molar-refractivity contribution in [2.75, 3.05) is 13.1 Å². The number of aliphatic imine (C=N–C) groups is 1. The van der Waals surface area contributed by atoms with Gasteiger partial charge in [0.1, 0.15) is 5.82 Å². The molecule has 6 heteroatoms. The maximum absolute atomic E-state index is 12.5. The molecule has 1 aromatic heterocycles. The third-order valence-corrected chi connectivity index (χ3v) is 5.56. The number of hydrogen-bond donors (Lipinski definition) is 1. The van der Waals surface area contributed by atoms with Crippen LogP contribution in [0.1, 0.15) is 36.8 Å². The molecule has 0 radical (unpaired) electrons. The number of carbonyl (C=O) groups excluding carboxylic acids is 1. The van der Waals surface area contributed by atoms with Crippen LogP contribution in [0.3, 0.4) is 0 Å². The lowest BCUT2D eigenvalue weighted by Gasteiger charge is -2.40. The molecule has 1 aromatic carbocycles. The van der Waals surface area contributed by atoms with Gasteiger partial charge in [-0.25, -0.2) is 14.8 Å². The van der Waals surface area contributed by atoms with Gasteiger partial charge in [-0.1, -0.05) is 18.2 Å². The van der Waals surface area contributed by atoms with Crippen LogP contribution in [-0.4, -0.2) is 39.7 Å². The molecule has 2 aromatic rings. The lowest BCUT2D eigenvalue weighted by molar-refractivity contribution is 0.173. The Morgan fingerprint density at radius 1 is 1.19 bits per heavy atom. The van der Waals surface area contributed by atoms with Gasteiger partial charge < -0.3 is 10.2 Å². The zero-order chi connectivity index (χ0) is 18.1. The average Bonchev–Trinajstić information content (AvgIpc) is 2.92. The Balaban J connectivity index is 1.39. The molecule has 1 fully saturated rings. The van der Waals surface area contributed by atoms with Gasteiger partial charge in [-0.15, -0.1) is 0 Å². The molecule has 2 amide bonds. The molecule has 3 heterocycles. The van der Waals surface area contributed by atoms with Crippen LogP contribution in [0.5, 0.6) is 0 Å². The minimum Gasteiger partial charge on any atom is -0.332 e. The first-order valence-electron chi connectivity index (χ1n) is 9.05. The fourth-order valence-corrected chi connectivity index (χ4v) is 4.06. The summed E-state index contributed by atoms with van der Waals surface area (Å²) in [5, 5.41) is 2.97. The van der Waals surface area contributed by atoms with Gasteiger partial charge in [0.2, 0.25) is 0 Å². The minimum atomic E-state index is -0.0306. The molecular formula is C20H23N5O. The number of amides is 2. The van der Waals surface area contributed by atoms with Gasteiger partial charge in [-0.3, -0.25) is 4.99 Å². The lowest BCUT2D eigenvalue weighted by Crippen LogP contribution is -2.50. The highest BCUT2D eigenvalue weighted by molar-refractivity contribution is 6.00. The van der Waals surface area contributed by atoms with Crippen molar-refractivity contribution in [1.82, 2.24) is 20.2 Å². The number of benzene rings is 1. The smallest absolute Gasteiger partial charge is 0.317 e. The van der Waals surface area contributed by atoms with Crippen molar-refractivity contribution in [2.24, 2.45) is 4.99 Å². The SMILES string of the molecule is CC1=Nc2ccccc2C12CCN(C(=O)NCc1ccnc(C)n1)CC2. The second-order valence-electron chi connectivity index (χ2n) is 7.04. The third-order valence-electron chi connectivity index (χ3n) is 5.56. The number of rotatable bonds is 2. The Morgan fingerprint density at radius 3 is 2.73 bits per heavy atom. The Bertz CT molecular complexity index is 868. The number of piperidine rings is 1. The summed E-state index contributed by atoms with van der Waals surface area (Å²) in [6.07, 6.45) is 3.55. The molecule has 1 saturated heterocycles. The second kappa shape index (κ2) is 6.52. The summed E-state index contributed by atoms with van der Waals surface area (Å²) in [6.45, 7) is 5.85. The number of aromatic nitrogens is 2. The predicted molar refractivity (Wildman–Crippen MR) is 101 cm³/mol. The fourth-order valence-electron chi connectivity index (χ4n) is 4.06. The summed E-state index contributed by atoms with van der Waals surface area (Å²) in [5.74, 6) is 0.714. The molecular weight excluding hydrogens is 326 g/mol. The largest absolute Gasteiger partial charge is 0.332 e. The van der Waals surface area contributed by atoms with Crippen LogP contribution >= 0.6 is 0 Å². The number of fused-ring (bicyclic) bond motifs is 2. The van der Waals surface area contributed by atoms with Crippen LogP contribution in [0.15, 0.2) is 41.5 Å². The highest BCUT2D eigenvalue weighted by Crippen LogP contribution is 2.46. The van der Waals surface area contributed by atoms with E-state index in [9.17, 15) is 4.79 Å². The van der Waals surface area contributed by atoms with Crippen molar-refractivity contribution in [1.29, 1.82) is 0 Å². The molecule has 1 N–H and O–H groups in total. The van der Waals surface area contributed by atoms with Gasteiger partial charge in [0.15, 0.2) is 0 Å². The van der Waals surface area contributed by atoms with E-state index in [-0.39, 0.29) is 11.4 Å². The summed E-state index contributed by atoms with van der Waals surface area (Å²) >= 11 is 0. The topological polar surface area (TPSA) is 70.5 Å². The molecule has 2 aliphatic rings. The van der Waals surface area contributed by atoms with Crippen molar-refractivity contribution in [3.63, 3.8) is 0 Å². The maximum atomic E-state index is 12.5. The number of urea groups is 1. The van der Waals surface area contributed by atoms with E-state index >= 15 is 0 Å². The molecule has 134 valence electrons. The summed E-state index contributed by atoms with van der Waals surface area (Å²) in [5.41, 5.74) is 4.40. The van der Waals surface area contributed by atoms with Crippen LogP contribution in [0, 0.1) is 6.92 Å². The van der Waals surface area contributed by atoms with Crippen LogP contribution in [0.2, 0.25) is 0 Å². The van der Waals surface area contributed by atoms with Crippen LogP contribution in [-0.2, 0) is 12.0 Å². The van der Waals surface area contributed by atoms with Gasteiger partial charge in [0.05, 0.1) is 17.9 Å². The highest BCUT2D eigenvalue weighted by atomic mass is 16.2. The first-order valence-corrected chi connectivity index (χ1v) is 9.05. The standard InChI is InChI=1S/C20H23N5O/c1-14-20(17-5-3-4-6-18(17)23-14)8-11-25(12-9-20)19(26)22-13-16-7-10-21-15(2)24-16/h3-7,10H,8-9,11-13H2,1-2H3,(H,22,26). The van der Waals surface area contributed by atoms with Gasteiger partial charge >= 0.3 is 6.03 Å². The predicted octanol–water partition coefficient (Wildman–Crippen LogP) is 3.13. The lowest BCUT2D eigenvalue weighted by atomic mass is 9.71. The average molecular weight is 349 g/mol. The van der Waals surface area contributed by atoms with Crippen molar-refractivity contribution in [3.05, 3.63) is 53.6 Å². The number of aryl methyl sites for hydroxylation is 1. The van der Waals surface area contributed by atoms with E-state index in [0.29, 0.717) is 12.4 Å². The Labute approximate surface area is 153 Å². The number of nitrogens with zero attached hydrogens (tertiary/aromatic N) is 4. The van der Waals surface area contributed by atoms with Crippen molar-refractivity contribution in [2.45, 2.75) is 38.6 Å². The van der Waals surface area contributed by atoms with E-state index < -0.39 is 0 Å². The normalized spacial score (nSPS) is 17.8. The van der Waals surface area contributed by atoms with Crippen LogP contribution in [0.25, 0.3) is 0 Å². The zero-order valence-electron chi connectivity index (χ0n) is 15.2. The van der Waals surface area contributed by atoms with E-state index in [2.05, 4.69) is 40.4 Å². The van der Waals surface area contributed by atoms with Crippen LogP contribution in [0.4, 0.5) is 10.5 Å². The summed E-state index contributed by atoms with van der Waals surface area (Å²) < 4.78 is 0. The molecule has 0 atom stereocenters. The Hall–Kier alpha value is -2.76. The summed E-state index contributed by atoms with van der Waals surface area (Å²) in [6, 6.07) is 10.2. The van der Waals surface area contributed by atoms with E-state index in [1.165, 1.54) is 11.3 Å². The molecule has 6 nitrogen and oxygen atoms in total. The Morgan fingerprint density at radius 2 is 1.96 bits per heavy atom. The highest BCUT2D eigenvalue weighted by Gasteiger charge is 2.44. The first-order chi connectivity index (χ1) is 12.6. The van der Waals surface area contributed by atoms with Crippen LogP contribution < -0.4 is 5.32 Å². The minimum absolute atomic E-state index is 0.00284.